The summed E-state index contributed by atoms with van der Waals surface area (Å²) in [6.07, 6.45) is 3.89. The van der Waals surface area contributed by atoms with E-state index < -0.39 is 0 Å². The first-order valence-electron chi connectivity index (χ1n) is 8.98. The highest BCUT2D eigenvalue weighted by Crippen LogP contribution is 2.29. The summed E-state index contributed by atoms with van der Waals surface area (Å²) >= 11 is 0. The molecule has 26 heavy (non-hydrogen) atoms. The van der Waals surface area contributed by atoms with Crippen molar-refractivity contribution < 1.29 is 4.79 Å². The number of aromatic nitrogens is 2. The Balaban J connectivity index is 0.00000243. The molecular weight excluding hydrogens is 348 g/mol. The minimum Gasteiger partial charge on any atom is -0.341 e. The number of benzene rings is 1. The molecule has 1 amide bonds. The van der Waals surface area contributed by atoms with Crippen molar-refractivity contribution in [3.05, 3.63) is 53.3 Å². The molecule has 1 aromatic carbocycles. The van der Waals surface area contributed by atoms with Crippen LogP contribution in [0.5, 0.6) is 0 Å². The number of rotatable bonds is 5. The van der Waals surface area contributed by atoms with Gasteiger partial charge in [-0.25, -0.2) is 0 Å². The van der Waals surface area contributed by atoms with Crippen LogP contribution in [0.15, 0.2) is 36.7 Å². The number of amides is 1. The first kappa shape index (κ1) is 20.5. The summed E-state index contributed by atoms with van der Waals surface area (Å²) in [6, 6.07) is 8.58. The van der Waals surface area contributed by atoms with Crippen LogP contribution in [0, 0.1) is 5.92 Å². The highest BCUT2D eigenvalue weighted by molar-refractivity contribution is 5.85. The third-order valence-corrected chi connectivity index (χ3v) is 5.13. The average Bonchev–Trinajstić information content (AvgIpc) is 3.23. The molecule has 1 N–H and O–H groups in total. The van der Waals surface area contributed by atoms with E-state index in [1.165, 1.54) is 11.1 Å². The molecule has 5 nitrogen and oxygen atoms in total. The van der Waals surface area contributed by atoms with Crippen LogP contribution in [0.4, 0.5) is 0 Å². The van der Waals surface area contributed by atoms with Crippen LogP contribution < -0.4 is 5.32 Å². The highest BCUT2D eigenvalue weighted by atomic mass is 35.5. The van der Waals surface area contributed by atoms with Gasteiger partial charge in [0, 0.05) is 45.8 Å². The van der Waals surface area contributed by atoms with Crippen molar-refractivity contribution in [2.45, 2.75) is 32.2 Å². The Morgan fingerprint density at radius 2 is 2.00 bits per heavy atom. The van der Waals surface area contributed by atoms with E-state index >= 15 is 0 Å². The summed E-state index contributed by atoms with van der Waals surface area (Å²) in [4.78, 5) is 14.8. The SMILES string of the molecule is CC(C)c1ccc(CN(C)C(=O)[C@H]2CNC[C@@H]2c2cnn(C)c2)cc1.Cl. The molecule has 2 heterocycles. The Bertz CT molecular complexity index is 726. The second kappa shape index (κ2) is 8.69. The lowest BCUT2D eigenvalue weighted by atomic mass is 9.90. The van der Waals surface area contributed by atoms with E-state index in [-0.39, 0.29) is 30.2 Å². The maximum atomic E-state index is 13.0. The van der Waals surface area contributed by atoms with E-state index in [0.717, 1.165) is 18.7 Å². The summed E-state index contributed by atoms with van der Waals surface area (Å²) in [5, 5.41) is 7.62. The van der Waals surface area contributed by atoms with Crippen LogP contribution >= 0.6 is 12.4 Å². The summed E-state index contributed by atoms with van der Waals surface area (Å²) in [7, 11) is 3.81. The zero-order valence-electron chi connectivity index (χ0n) is 16.0. The van der Waals surface area contributed by atoms with Gasteiger partial charge in [0.2, 0.25) is 5.91 Å². The minimum atomic E-state index is -0.0239. The van der Waals surface area contributed by atoms with Crippen LogP contribution in [-0.4, -0.2) is 40.7 Å². The van der Waals surface area contributed by atoms with Crippen molar-refractivity contribution in [3.63, 3.8) is 0 Å². The van der Waals surface area contributed by atoms with Crippen LogP contribution in [0.2, 0.25) is 0 Å². The van der Waals surface area contributed by atoms with Crippen LogP contribution in [0.3, 0.4) is 0 Å². The zero-order chi connectivity index (χ0) is 18.0. The van der Waals surface area contributed by atoms with Crippen LogP contribution in [0.25, 0.3) is 0 Å². The highest BCUT2D eigenvalue weighted by Gasteiger charge is 2.36. The first-order chi connectivity index (χ1) is 12.0. The number of hydrogen-bond acceptors (Lipinski definition) is 3. The molecule has 2 atom stereocenters. The number of nitrogens with one attached hydrogen (secondary N) is 1. The number of aryl methyl sites for hydroxylation is 1. The Morgan fingerprint density at radius 3 is 2.58 bits per heavy atom. The van der Waals surface area contributed by atoms with E-state index in [0.29, 0.717) is 12.5 Å². The Labute approximate surface area is 162 Å². The third-order valence-electron chi connectivity index (χ3n) is 5.13. The van der Waals surface area contributed by atoms with Gasteiger partial charge in [-0.1, -0.05) is 38.1 Å². The van der Waals surface area contributed by atoms with Gasteiger partial charge < -0.3 is 10.2 Å². The van der Waals surface area contributed by atoms with Gasteiger partial charge in [-0.15, -0.1) is 12.4 Å². The predicted octanol–water partition coefficient (Wildman–Crippen LogP) is 2.93. The van der Waals surface area contributed by atoms with Crippen molar-refractivity contribution in [1.29, 1.82) is 0 Å². The zero-order valence-corrected chi connectivity index (χ0v) is 16.8. The van der Waals surface area contributed by atoms with Gasteiger partial charge >= 0.3 is 0 Å². The van der Waals surface area contributed by atoms with Crippen molar-refractivity contribution in [2.75, 3.05) is 20.1 Å². The fourth-order valence-electron chi connectivity index (χ4n) is 3.56. The first-order valence-corrected chi connectivity index (χ1v) is 8.98. The molecule has 6 heteroatoms. The number of carbonyl (C=O) groups is 1. The van der Waals surface area contributed by atoms with E-state index in [1.54, 1.807) is 4.68 Å². The topological polar surface area (TPSA) is 50.2 Å². The molecule has 142 valence electrons. The molecule has 1 aliphatic rings. The van der Waals surface area contributed by atoms with Gasteiger partial charge in [-0.05, 0) is 22.6 Å². The maximum absolute atomic E-state index is 13.0. The van der Waals surface area contributed by atoms with E-state index in [9.17, 15) is 4.79 Å². The molecule has 2 aromatic rings. The Kier molecular flexibility index (Phi) is 6.84. The molecule has 1 fully saturated rings. The molecule has 0 saturated carbocycles. The summed E-state index contributed by atoms with van der Waals surface area (Å²) in [5.41, 5.74) is 3.64. The number of nitrogens with zero attached hydrogens (tertiary/aromatic N) is 3. The largest absolute Gasteiger partial charge is 0.341 e. The molecule has 0 radical (unpaired) electrons. The van der Waals surface area contributed by atoms with Crippen LogP contribution in [-0.2, 0) is 18.4 Å². The summed E-state index contributed by atoms with van der Waals surface area (Å²) in [6.45, 7) is 6.59. The second-order valence-electron chi connectivity index (χ2n) is 7.41. The molecular formula is C20H29ClN4O. The number of halogens is 1. The second-order valence-corrected chi connectivity index (χ2v) is 7.41. The lowest BCUT2D eigenvalue weighted by Crippen LogP contribution is -2.35. The van der Waals surface area contributed by atoms with Gasteiger partial charge in [0.15, 0.2) is 0 Å². The fourth-order valence-corrected chi connectivity index (χ4v) is 3.56. The molecule has 0 spiro atoms. The van der Waals surface area contributed by atoms with E-state index in [1.807, 2.05) is 31.4 Å². The van der Waals surface area contributed by atoms with Crippen molar-refractivity contribution >= 4 is 18.3 Å². The summed E-state index contributed by atoms with van der Waals surface area (Å²) < 4.78 is 1.80. The van der Waals surface area contributed by atoms with Crippen molar-refractivity contribution in [2.24, 2.45) is 13.0 Å². The smallest absolute Gasteiger partial charge is 0.227 e. The van der Waals surface area contributed by atoms with Crippen LogP contribution in [0.1, 0.15) is 42.4 Å². The Hall–Kier alpha value is -1.85. The Morgan fingerprint density at radius 1 is 1.31 bits per heavy atom. The van der Waals surface area contributed by atoms with E-state index in [2.05, 4.69) is 48.5 Å². The van der Waals surface area contributed by atoms with Gasteiger partial charge in [-0.2, -0.15) is 5.10 Å². The quantitative estimate of drug-likeness (QED) is 0.872. The maximum Gasteiger partial charge on any atom is 0.227 e. The van der Waals surface area contributed by atoms with Gasteiger partial charge in [-0.3, -0.25) is 9.48 Å². The normalized spacial score (nSPS) is 19.4. The third kappa shape index (κ3) is 4.46. The summed E-state index contributed by atoms with van der Waals surface area (Å²) in [5.74, 6) is 0.904. The van der Waals surface area contributed by atoms with Gasteiger partial charge in [0.25, 0.3) is 0 Å². The minimum absolute atomic E-state index is 0. The monoisotopic (exact) mass is 376 g/mol. The molecule has 0 unspecified atom stereocenters. The molecule has 1 aromatic heterocycles. The lowest BCUT2D eigenvalue weighted by Gasteiger charge is -2.24. The molecule has 1 saturated heterocycles. The molecule has 3 rings (SSSR count). The van der Waals surface area contributed by atoms with E-state index in [4.69, 9.17) is 0 Å². The van der Waals surface area contributed by atoms with Gasteiger partial charge in [0.1, 0.15) is 0 Å². The lowest BCUT2D eigenvalue weighted by molar-refractivity contribution is -0.134. The van der Waals surface area contributed by atoms with Crippen molar-refractivity contribution in [1.82, 2.24) is 20.0 Å². The molecule has 0 bridgehead atoms. The standard InChI is InChI=1S/C20H28N4O.ClH/c1-14(2)16-7-5-15(6-8-16)12-23(3)20(25)19-11-21-10-18(19)17-9-22-24(4)13-17;/h5-9,13-14,18-19,21H,10-12H2,1-4H3;1H/t18-,19+;/m1./s1. The number of carbonyl (C=O) groups excluding carboxylic acids is 1. The average molecular weight is 377 g/mol. The van der Waals surface area contributed by atoms with Gasteiger partial charge in [0.05, 0.1) is 12.1 Å². The van der Waals surface area contributed by atoms with Crippen molar-refractivity contribution in [3.8, 4) is 0 Å². The number of hydrogen-bond donors (Lipinski definition) is 1. The fraction of sp³-hybridized carbons (Fsp3) is 0.500. The molecule has 1 aliphatic heterocycles. The molecule has 0 aliphatic carbocycles. The predicted molar refractivity (Wildman–Crippen MR) is 107 cm³/mol.